The number of ether oxygens (including phenoxy) is 2. The van der Waals surface area contributed by atoms with Crippen LogP contribution in [0.25, 0.3) is 0 Å². The van der Waals surface area contributed by atoms with Crippen LogP contribution in [0, 0.1) is 13.8 Å². The molecule has 0 spiro atoms. The van der Waals surface area contributed by atoms with E-state index in [0.29, 0.717) is 19.8 Å². The van der Waals surface area contributed by atoms with Crippen LogP contribution < -0.4 is 10.5 Å². The maximum absolute atomic E-state index is 5.65. The van der Waals surface area contributed by atoms with Crippen molar-refractivity contribution in [3.8, 4) is 5.75 Å². The summed E-state index contributed by atoms with van der Waals surface area (Å²) in [5.74, 6) is 0.931. The van der Waals surface area contributed by atoms with Crippen molar-refractivity contribution in [1.29, 1.82) is 0 Å². The first-order valence-electron chi connectivity index (χ1n) is 6.15. The lowest BCUT2D eigenvalue weighted by atomic mass is 10.1. The molecule has 0 bridgehead atoms. The van der Waals surface area contributed by atoms with Crippen molar-refractivity contribution in [2.45, 2.75) is 33.3 Å². The predicted molar refractivity (Wildman–Crippen MR) is 70.5 cm³/mol. The Morgan fingerprint density at radius 2 is 1.94 bits per heavy atom. The van der Waals surface area contributed by atoms with Gasteiger partial charge in [0.2, 0.25) is 0 Å². The first-order chi connectivity index (χ1) is 8.13. The van der Waals surface area contributed by atoms with Gasteiger partial charge >= 0.3 is 0 Å². The SMILES string of the molecule is Cc1ccc(OCCCOC(C)CN)cc1C. The third kappa shape index (κ3) is 5.20. The van der Waals surface area contributed by atoms with Crippen LogP contribution in [0.4, 0.5) is 0 Å². The van der Waals surface area contributed by atoms with Crippen LogP contribution in [0.5, 0.6) is 5.75 Å². The average molecular weight is 237 g/mol. The molecular weight excluding hydrogens is 214 g/mol. The van der Waals surface area contributed by atoms with Gasteiger partial charge in [0.1, 0.15) is 5.75 Å². The summed E-state index contributed by atoms with van der Waals surface area (Å²) in [5, 5.41) is 0. The van der Waals surface area contributed by atoms with E-state index in [4.69, 9.17) is 15.2 Å². The van der Waals surface area contributed by atoms with Gasteiger partial charge in [-0.05, 0) is 44.0 Å². The Kier molecular flexibility index (Phi) is 6.01. The maximum atomic E-state index is 5.65. The molecule has 0 fully saturated rings. The first kappa shape index (κ1) is 14.0. The van der Waals surface area contributed by atoms with Gasteiger partial charge in [0.15, 0.2) is 0 Å². The van der Waals surface area contributed by atoms with Gasteiger partial charge in [-0.25, -0.2) is 0 Å². The molecule has 0 amide bonds. The number of hydrogen-bond donors (Lipinski definition) is 1. The normalized spacial score (nSPS) is 12.5. The molecule has 0 radical (unpaired) electrons. The Bertz CT molecular complexity index is 339. The summed E-state index contributed by atoms with van der Waals surface area (Å²) in [6, 6.07) is 6.15. The van der Waals surface area contributed by atoms with Crippen molar-refractivity contribution in [3.63, 3.8) is 0 Å². The molecule has 0 saturated carbocycles. The van der Waals surface area contributed by atoms with E-state index in [-0.39, 0.29) is 6.10 Å². The number of aryl methyl sites for hydroxylation is 2. The Balaban J connectivity index is 2.20. The molecule has 17 heavy (non-hydrogen) atoms. The molecule has 0 aromatic heterocycles. The lowest BCUT2D eigenvalue weighted by molar-refractivity contribution is 0.0631. The summed E-state index contributed by atoms with van der Waals surface area (Å²) in [6.07, 6.45) is 1.02. The van der Waals surface area contributed by atoms with Gasteiger partial charge in [-0.15, -0.1) is 0 Å². The monoisotopic (exact) mass is 237 g/mol. The molecule has 0 aliphatic rings. The second-order valence-corrected chi connectivity index (χ2v) is 4.37. The highest BCUT2D eigenvalue weighted by atomic mass is 16.5. The molecule has 1 rings (SSSR count). The highest BCUT2D eigenvalue weighted by molar-refractivity contribution is 5.33. The minimum atomic E-state index is 0.136. The van der Waals surface area contributed by atoms with Crippen LogP contribution in [-0.4, -0.2) is 25.9 Å². The molecule has 3 heteroatoms. The van der Waals surface area contributed by atoms with E-state index < -0.39 is 0 Å². The fourth-order valence-electron chi connectivity index (χ4n) is 1.41. The minimum Gasteiger partial charge on any atom is -0.493 e. The standard InChI is InChI=1S/C14H23NO2/c1-11-5-6-14(9-12(11)2)17-8-4-7-16-13(3)10-15/h5-6,9,13H,4,7-8,10,15H2,1-3H3. The molecule has 3 nitrogen and oxygen atoms in total. The fourth-order valence-corrected chi connectivity index (χ4v) is 1.41. The Hall–Kier alpha value is -1.06. The molecule has 1 aromatic carbocycles. The predicted octanol–water partition coefficient (Wildman–Crippen LogP) is 2.44. The summed E-state index contributed by atoms with van der Waals surface area (Å²) in [7, 11) is 0. The molecular formula is C14H23NO2. The Morgan fingerprint density at radius 3 is 2.59 bits per heavy atom. The number of rotatable bonds is 7. The fraction of sp³-hybridized carbons (Fsp3) is 0.571. The van der Waals surface area contributed by atoms with E-state index in [9.17, 15) is 0 Å². The molecule has 2 N–H and O–H groups in total. The number of benzene rings is 1. The van der Waals surface area contributed by atoms with Crippen LogP contribution in [0.2, 0.25) is 0 Å². The van der Waals surface area contributed by atoms with Crippen LogP contribution in [0.15, 0.2) is 18.2 Å². The van der Waals surface area contributed by atoms with Gasteiger partial charge in [0.25, 0.3) is 0 Å². The van der Waals surface area contributed by atoms with E-state index in [1.165, 1.54) is 11.1 Å². The van der Waals surface area contributed by atoms with Gasteiger partial charge in [0, 0.05) is 13.0 Å². The van der Waals surface area contributed by atoms with Crippen LogP contribution in [-0.2, 0) is 4.74 Å². The van der Waals surface area contributed by atoms with Gasteiger partial charge in [-0.1, -0.05) is 6.07 Å². The van der Waals surface area contributed by atoms with Crippen molar-refractivity contribution >= 4 is 0 Å². The zero-order valence-electron chi connectivity index (χ0n) is 11.0. The van der Waals surface area contributed by atoms with Crippen molar-refractivity contribution in [2.75, 3.05) is 19.8 Å². The molecule has 1 aromatic rings. The highest BCUT2D eigenvalue weighted by Crippen LogP contribution is 2.16. The lowest BCUT2D eigenvalue weighted by Crippen LogP contribution is -2.21. The van der Waals surface area contributed by atoms with Gasteiger partial charge in [0.05, 0.1) is 19.3 Å². The third-order valence-electron chi connectivity index (χ3n) is 2.77. The maximum Gasteiger partial charge on any atom is 0.119 e. The summed E-state index contributed by atoms with van der Waals surface area (Å²) in [5.41, 5.74) is 8.00. The summed E-state index contributed by atoms with van der Waals surface area (Å²) in [6.45, 7) is 8.11. The van der Waals surface area contributed by atoms with Crippen molar-refractivity contribution < 1.29 is 9.47 Å². The number of hydrogen-bond acceptors (Lipinski definition) is 3. The van der Waals surface area contributed by atoms with Crippen molar-refractivity contribution in [1.82, 2.24) is 0 Å². The quantitative estimate of drug-likeness (QED) is 0.741. The van der Waals surface area contributed by atoms with E-state index in [1.54, 1.807) is 0 Å². The molecule has 1 unspecified atom stereocenters. The van der Waals surface area contributed by atoms with Crippen LogP contribution in [0.1, 0.15) is 24.5 Å². The van der Waals surface area contributed by atoms with Crippen LogP contribution in [0.3, 0.4) is 0 Å². The summed E-state index contributed by atoms with van der Waals surface area (Å²) in [4.78, 5) is 0. The molecule has 96 valence electrons. The van der Waals surface area contributed by atoms with Gasteiger partial charge < -0.3 is 15.2 Å². The topological polar surface area (TPSA) is 44.5 Å². The van der Waals surface area contributed by atoms with Gasteiger partial charge in [-0.3, -0.25) is 0 Å². The molecule has 0 aliphatic carbocycles. The first-order valence-corrected chi connectivity index (χ1v) is 6.15. The van der Waals surface area contributed by atoms with E-state index in [1.807, 2.05) is 13.0 Å². The van der Waals surface area contributed by atoms with E-state index >= 15 is 0 Å². The lowest BCUT2D eigenvalue weighted by Gasteiger charge is -2.11. The smallest absolute Gasteiger partial charge is 0.119 e. The second kappa shape index (κ2) is 7.30. The zero-order valence-corrected chi connectivity index (χ0v) is 11.0. The zero-order chi connectivity index (χ0) is 12.7. The highest BCUT2D eigenvalue weighted by Gasteiger charge is 1.99. The minimum absolute atomic E-state index is 0.136. The molecule has 0 heterocycles. The van der Waals surface area contributed by atoms with Crippen molar-refractivity contribution in [2.24, 2.45) is 5.73 Å². The third-order valence-corrected chi connectivity index (χ3v) is 2.77. The second-order valence-electron chi connectivity index (χ2n) is 4.37. The molecule has 0 aliphatic heterocycles. The summed E-state index contributed by atoms with van der Waals surface area (Å²) < 4.78 is 11.1. The average Bonchev–Trinajstić information content (AvgIpc) is 2.33. The number of nitrogens with two attached hydrogens (primary N) is 1. The van der Waals surface area contributed by atoms with Crippen molar-refractivity contribution in [3.05, 3.63) is 29.3 Å². The largest absolute Gasteiger partial charge is 0.493 e. The van der Waals surface area contributed by atoms with Gasteiger partial charge in [-0.2, -0.15) is 0 Å². The Morgan fingerprint density at radius 1 is 1.18 bits per heavy atom. The van der Waals surface area contributed by atoms with E-state index in [2.05, 4.69) is 26.0 Å². The molecule has 1 atom stereocenters. The van der Waals surface area contributed by atoms with Crippen LogP contribution >= 0.6 is 0 Å². The Labute approximate surface area is 104 Å². The molecule has 0 saturated heterocycles. The van der Waals surface area contributed by atoms with E-state index in [0.717, 1.165) is 12.2 Å². The summed E-state index contributed by atoms with van der Waals surface area (Å²) >= 11 is 0.